The number of benzene rings is 1. The van der Waals surface area contributed by atoms with Crippen LogP contribution in [-0.2, 0) is 4.79 Å². The Kier molecular flexibility index (Phi) is 2.82. The second-order valence-electron chi connectivity index (χ2n) is 3.71. The minimum absolute atomic E-state index is 0.0347. The van der Waals surface area contributed by atoms with Crippen LogP contribution in [0.4, 0.5) is 5.69 Å². The molecule has 4 heteroatoms. The van der Waals surface area contributed by atoms with Gasteiger partial charge in [-0.25, -0.2) is 0 Å². The molecule has 15 heavy (non-hydrogen) atoms. The van der Waals surface area contributed by atoms with Crippen molar-refractivity contribution < 1.29 is 9.90 Å². The first-order valence-electron chi connectivity index (χ1n) is 4.92. The molecular formula is C11H12ClNO2. The molecule has 0 fully saturated rings. The molecule has 0 saturated carbocycles. The molecule has 1 aromatic rings. The molecule has 0 bridgehead atoms. The van der Waals surface area contributed by atoms with E-state index in [0.29, 0.717) is 5.02 Å². The predicted molar refractivity (Wildman–Crippen MR) is 59.6 cm³/mol. The SMILES string of the molecule is O=C(O)CC1CCNc2cccc(Cl)c21. The average Bonchev–Trinajstić information content (AvgIpc) is 2.17. The van der Waals surface area contributed by atoms with Gasteiger partial charge < -0.3 is 10.4 Å². The van der Waals surface area contributed by atoms with E-state index in [0.717, 1.165) is 24.2 Å². The lowest BCUT2D eigenvalue weighted by Gasteiger charge is -2.26. The summed E-state index contributed by atoms with van der Waals surface area (Å²) in [6.45, 7) is 0.811. The quantitative estimate of drug-likeness (QED) is 0.814. The largest absolute Gasteiger partial charge is 0.481 e. The molecule has 0 radical (unpaired) electrons. The van der Waals surface area contributed by atoms with E-state index in [4.69, 9.17) is 16.7 Å². The van der Waals surface area contributed by atoms with Crippen LogP contribution in [0.15, 0.2) is 18.2 Å². The molecule has 1 aliphatic rings. The van der Waals surface area contributed by atoms with Crippen molar-refractivity contribution in [3.63, 3.8) is 0 Å². The molecule has 2 rings (SSSR count). The smallest absolute Gasteiger partial charge is 0.303 e. The van der Waals surface area contributed by atoms with E-state index < -0.39 is 5.97 Å². The first kappa shape index (κ1) is 10.3. The molecule has 0 aromatic heterocycles. The number of fused-ring (bicyclic) bond motifs is 1. The zero-order valence-corrected chi connectivity index (χ0v) is 8.92. The van der Waals surface area contributed by atoms with Gasteiger partial charge in [-0.05, 0) is 30.0 Å². The van der Waals surface area contributed by atoms with Crippen LogP contribution in [0.1, 0.15) is 24.3 Å². The van der Waals surface area contributed by atoms with Gasteiger partial charge in [-0.1, -0.05) is 17.7 Å². The molecule has 1 aliphatic heterocycles. The van der Waals surface area contributed by atoms with Gasteiger partial charge >= 0.3 is 5.97 Å². The molecule has 1 aromatic carbocycles. The van der Waals surface area contributed by atoms with Crippen molar-refractivity contribution in [2.45, 2.75) is 18.8 Å². The number of carboxylic acid groups (broad SMARTS) is 1. The Morgan fingerprint density at radius 1 is 1.60 bits per heavy atom. The van der Waals surface area contributed by atoms with E-state index in [2.05, 4.69) is 5.32 Å². The fourth-order valence-corrected chi connectivity index (χ4v) is 2.38. The molecular weight excluding hydrogens is 214 g/mol. The Labute approximate surface area is 93.1 Å². The highest BCUT2D eigenvalue weighted by Crippen LogP contribution is 2.38. The van der Waals surface area contributed by atoms with Gasteiger partial charge in [0.05, 0.1) is 6.42 Å². The summed E-state index contributed by atoms with van der Waals surface area (Å²) in [4.78, 5) is 10.7. The zero-order valence-electron chi connectivity index (χ0n) is 8.16. The fourth-order valence-electron chi connectivity index (χ4n) is 2.05. The lowest BCUT2D eigenvalue weighted by molar-refractivity contribution is -0.137. The molecule has 1 unspecified atom stereocenters. The van der Waals surface area contributed by atoms with Crippen LogP contribution < -0.4 is 5.32 Å². The molecule has 80 valence electrons. The van der Waals surface area contributed by atoms with Crippen molar-refractivity contribution >= 4 is 23.3 Å². The van der Waals surface area contributed by atoms with Crippen LogP contribution in [0.25, 0.3) is 0 Å². The Bertz CT molecular complexity index is 392. The summed E-state index contributed by atoms with van der Waals surface area (Å²) in [5.41, 5.74) is 1.92. The topological polar surface area (TPSA) is 49.3 Å². The van der Waals surface area contributed by atoms with E-state index in [1.807, 2.05) is 18.2 Å². The van der Waals surface area contributed by atoms with Gasteiger partial charge in [0.2, 0.25) is 0 Å². The second kappa shape index (κ2) is 4.11. The summed E-state index contributed by atoms with van der Waals surface area (Å²) in [6, 6.07) is 5.62. The minimum atomic E-state index is -0.771. The van der Waals surface area contributed by atoms with Gasteiger partial charge in [0.15, 0.2) is 0 Å². The number of anilines is 1. The van der Waals surface area contributed by atoms with Gasteiger partial charge in [-0.3, -0.25) is 4.79 Å². The standard InChI is InChI=1S/C11H12ClNO2/c12-8-2-1-3-9-11(8)7(4-5-13-9)6-10(14)15/h1-3,7,13H,4-6H2,(H,14,15). The van der Waals surface area contributed by atoms with Crippen LogP contribution in [0.5, 0.6) is 0 Å². The fraction of sp³-hybridized carbons (Fsp3) is 0.364. The number of aliphatic carboxylic acids is 1. The Morgan fingerprint density at radius 3 is 3.13 bits per heavy atom. The van der Waals surface area contributed by atoms with Gasteiger partial charge in [-0.2, -0.15) is 0 Å². The van der Waals surface area contributed by atoms with E-state index in [1.165, 1.54) is 0 Å². The van der Waals surface area contributed by atoms with Crippen molar-refractivity contribution in [1.29, 1.82) is 0 Å². The van der Waals surface area contributed by atoms with Crippen molar-refractivity contribution in [1.82, 2.24) is 0 Å². The predicted octanol–water partition coefficient (Wildman–Crippen LogP) is 2.71. The van der Waals surface area contributed by atoms with Crippen LogP contribution in [0, 0.1) is 0 Å². The number of hydrogen-bond donors (Lipinski definition) is 2. The summed E-state index contributed by atoms with van der Waals surface area (Å²) >= 11 is 6.09. The maximum absolute atomic E-state index is 10.7. The minimum Gasteiger partial charge on any atom is -0.481 e. The van der Waals surface area contributed by atoms with E-state index >= 15 is 0 Å². The van der Waals surface area contributed by atoms with Crippen molar-refractivity contribution in [2.24, 2.45) is 0 Å². The first-order valence-corrected chi connectivity index (χ1v) is 5.30. The Balaban J connectivity index is 2.36. The first-order chi connectivity index (χ1) is 7.18. The molecule has 1 atom stereocenters. The van der Waals surface area contributed by atoms with Crippen LogP contribution in [0.3, 0.4) is 0 Å². The number of nitrogens with one attached hydrogen (secondary N) is 1. The highest BCUT2D eigenvalue weighted by atomic mass is 35.5. The molecule has 1 heterocycles. The van der Waals surface area contributed by atoms with Gasteiger partial charge in [0, 0.05) is 17.3 Å². The maximum Gasteiger partial charge on any atom is 0.303 e. The van der Waals surface area contributed by atoms with E-state index in [9.17, 15) is 4.79 Å². The lowest BCUT2D eigenvalue weighted by Crippen LogP contribution is -2.19. The van der Waals surface area contributed by atoms with Crippen molar-refractivity contribution in [3.05, 3.63) is 28.8 Å². The number of halogens is 1. The Morgan fingerprint density at radius 2 is 2.40 bits per heavy atom. The van der Waals surface area contributed by atoms with Crippen LogP contribution in [0.2, 0.25) is 5.02 Å². The molecule has 0 spiro atoms. The third kappa shape index (κ3) is 2.07. The Hall–Kier alpha value is -1.22. The van der Waals surface area contributed by atoms with Gasteiger partial charge in [-0.15, -0.1) is 0 Å². The van der Waals surface area contributed by atoms with Crippen molar-refractivity contribution in [2.75, 3.05) is 11.9 Å². The summed E-state index contributed by atoms with van der Waals surface area (Å²) in [7, 11) is 0. The lowest BCUT2D eigenvalue weighted by atomic mass is 9.88. The van der Waals surface area contributed by atoms with Crippen LogP contribution >= 0.6 is 11.6 Å². The molecule has 0 saturated heterocycles. The molecule has 2 N–H and O–H groups in total. The van der Waals surface area contributed by atoms with Crippen molar-refractivity contribution in [3.8, 4) is 0 Å². The van der Waals surface area contributed by atoms with E-state index in [-0.39, 0.29) is 12.3 Å². The summed E-state index contributed by atoms with van der Waals surface area (Å²) in [5, 5.41) is 12.7. The molecule has 0 aliphatic carbocycles. The highest BCUT2D eigenvalue weighted by molar-refractivity contribution is 6.31. The monoisotopic (exact) mass is 225 g/mol. The summed E-state index contributed by atoms with van der Waals surface area (Å²) in [5.74, 6) is -0.736. The van der Waals surface area contributed by atoms with Gasteiger partial charge in [0.1, 0.15) is 0 Å². The number of carboxylic acids is 1. The zero-order chi connectivity index (χ0) is 10.8. The molecule has 3 nitrogen and oxygen atoms in total. The second-order valence-corrected chi connectivity index (χ2v) is 4.12. The third-order valence-corrected chi connectivity index (χ3v) is 3.02. The summed E-state index contributed by atoms with van der Waals surface area (Å²) < 4.78 is 0. The normalized spacial score (nSPS) is 19.1. The highest BCUT2D eigenvalue weighted by Gasteiger charge is 2.24. The van der Waals surface area contributed by atoms with Crippen LogP contribution in [-0.4, -0.2) is 17.6 Å². The average molecular weight is 226 g/mol. The summed E-state index contributed by atoms with van der Waals surface area (Å²) in [6.07, 6.45) is 0.974. The third-order valence-electron chi connectivity index (χ3n) is 2.69. The number of hydrogen-bond acceptors (Lipinski definition) is 2. The molecule has 0 amide bonds. The number of rotatable bonds is 2. The number of carbonyl (C=O) groups is 1. The maximum atomic E-state index is 10.7. The van der Waals surface area contributed by atoms with Gasteiger partial charge in [0.25, 0.3) is 0 Å². The van der Waals surface area contributed by atoms with E-state index in [1.54, 1.807) is 0 Å².